The molecule has 2 aliphatic rings. The van der Waals surface area contributed by atoms with Gasteiger partial charge in [0.05, 0.1) is 0 Å². The van der Waals surface area contributed by atoms with Gasteiger partial charge >= 0.3 is 0 Å². The number of hydrogen-bond donors (Lipinski definition) is 0. The molecule has 2 aliphatic carbocycles. The number of rotatable bonds is 9. The first-order valence-electron chi connectivity index (χ1n) is 14.4. The molecule has 208 valence electrons. The molecule has 0 aliphatic heterocycles. The van der Waals surface area contributed by atoms with E-state index in [4.69, 9.17) is 0 Å². The summed E-state index contributed by atoms with van der Waals surface area (Å²) in [5, 5.41) is 3.41. The van der Waals surface area contributed by atoms with Crippen molar-refractivity contribution < 1.29 is 9.13 Å². The van der Waals surface area contributed by atoms with Crippen LogP contribution in [-0.4, -0.2) is 11.3 Å². The molecule has 2 nitrogen and oxygen atoms in total. The highest BCUT2D eigenvalue weighted by atomic mass is 31.2. The van der Waals surface area contributed by atoms with Gasteiger partial charge in [-0.1, -0.05) is 135 Å². The maximum Gasteiger partial charge on any atom is 0.146 e. The molecule has 0 aromatic heterocycles. The second-order valence-corrected chi connectivity index (χ2v) is 17.0. The average molecular weight is 585 g/mol. The lowest BCUT2D eigenvalue weighted by Crippen LogP contribution is -2.35. The third-order valence-corrected chi connectivity index (χ3v) is 15.5. The number of benzene rings is 4. The first-order valence-corrected chi connectivity index (χ1v) is 17.9. The first-order chi connectivity index (χ1) is 20.5. The van der Waals surface area contributed by atoms with E-state index in [9.17, 15) is 0 Å². The lowest BCUT2D eigenvalue weighted by Gasteiger charge is -2.38. The molecule has 0 unspecified atom stereocenters. The van der Waals surface area contributed by atoms with Crippen molar-refractivity contribution in [2.45, 2.75) is 25.2 Å². The minimum absolute atomic E-state index is 0.264. The fraction of sp³-hybridized carbons (Fsp3) is 0.105. The molecule has 2 atom stereocenters. The molecule has 0 bridgehead atoms. The summed E-state index contributed by atoms with van der Waals surface area (Å²) in [6.45, 7) is 4.18. The zero-order chi connectivity index (χ0) is 29.2. The van der Waals surface area contributed by atoms with E-state index >= 15 is 9.13 Å². The van der Waals surface area contributed by atoms with Crippen molar-refractivity contribution in [1.82, 2.24) is 0 Å². The molecular formula is C38H34O2P2. The molecule has 4 heteroatoms. The van der Waals surface area contributed by atoms with Crippen LogP contribution in [0.2, 0.25) is 0 Å². The van der Waals surface area contributed by atoms with Crippen LogP contribution in [0.4, 0.5) is 0 Å². The van der Waals surface area contributed by atoms with E-state index in [1.54, 1.807) is 0 Å². The summed E-state index contributed by atoms with van der Waals surface area (Å²) in [5.74, 6) is 4.18. The van der Waals surface area contributed by atoms with Crippen LogP contribution >= 0.6 is 14.3 Å². The van der Waals surface area contributed by atoms with Crippen molar-refractivity contribution in [3.8, 4) is 0 Å². The van der Waals surface area contributed by atoms with Gasteiger partial charge in [-0.15, -0.1) is 0 Å². The Hall–Kier alpha value is -2.66. The van der Waals surface area contributed by atoms with E-state index in [2.05, 4.69) is 52.4 Å². The molecule has 0 saturated heterocycles. The van der Waals surface area contributed by atoms with Crippen molar-refractivity contribution in [2.75, 3.05) is 0 Å². The van der Waals surface area contributed by atoms with Gasteiger partial charge in [0.2, 0.25) is 0 Å². The van der Waals surface area contributed by atoms with Crippen molar-refractivity contribution in [3.63, 3.8) is 0 Å². The van der Waals surface area contributed by atoms with E-state index in [1.807, 2.05) is 121 Å². The van der Waals surface area contributed by atoms with Gasteiger partial charge < -0.3 is 9.13 Å². The predicted molar refractivity (Wildman–Crippen MR) is 177 cm³/mol. The van der Waals surface area contributed by atoms with Crippen LogP contribution in [0, 0.1) is 62.2 Å². The van der Waals surface area contributed by atoms with Crippen LogP contribution in [-0.2, 0) is 9.13 Å². The molecule has 4 aromatic rings. The highest BCUT2D eigenvalue weighted by Gasteiger charge is 2.52. The summed E-state index contributed by atoms with van der Waals surface area (Å²) in [5.41, 5.74) is -0.527. The topological polar surface area (TPSA) is 34.1 Å². The highest BCUT2D eigenvalue weighted by molar-refractivity contribution is 7.79. The average Bonchev–Trinajstić information content (AvgIpc) is 3.75. The maximum absolute atomic E-state index is 15.2. The van der Waals surface area contributed by atoms with Crippen LogP contribution in [0.25, 0.3) is 0 Å². The van der Waals surface area contributed by atoms with Crippen molar-refractivity contribution in [1.29, 1.82) is 0 Å². The van der Waals surface area contributed by atoms with Crippen LogP contribution in [0.1, 0.15) is 13.8 Å². The molecule has 2 fully saturated rings. The zero-order valence-corrected chi connectivity index (χ0v) is 25.7. The predicted octanol–water partition coefficient (Wildman–Crippen LogP) is 7.34. The Morgan fingerprint density at radius 1 is 0.405 bits per heavy atom. The van der Waals surface area contributed by atoms with Crippen LogP contribution < -0.4 is 21.2 Å². The fourth-order valence-electron chi connectivity index (χ4n) is 6.27. The van der Waals surface area contributed by atoms with Gasteiger partial charge in [0, 0.05) is 32.5 Å². The lowest BCUT2D eigenvalue weighted by atomic mass is 9.76. The van der Waals surface area contributed by atoms with Crippen molar-refractivity contribution >= 4 is 35.5 Å². The van der Waals surface area contributed by atoms with Gasteiger partial charge in [-0.3, -0.25) is 0 Å². The van der Waals surface area contributed by atoms with E-state index in [0.717, 1.165) is 44.9 Å². The fourth-order valence-corrected chi connectivity index (χ4v) is 12.3. The summed E-state index contributed by atoms with van der Waals surface area (Å²) < 4.78 is 30.5. The third kappa shape index (κ3) is 5.20. The largest absolute Gasteiger partial charge is 0.313 e. The molecular weight excluding hydrogens is 550 g/mol. The molecule has 0 spiro atoms. The molecule has 4 aromatic carbocycles. The Morgan fingerprint density at radius 3 is 0.929 bits per heavy atom. The van der Waals surface area contributed by atoms with Crippen molar-refractivity contribution in [2.24, 2.45) is 0 Å². The molecule has 0 amide bonds. The number of hydrogen-bond acceptors (Lipinski definition) is 2. The minimum Gasteiger partial charge on any atom is -0.313 e. The standard InChI is InChI=1S/C38H34O2P2/c1-29(41(39,31-17-7-3-8-18-31)32-19-9-4-10-20-32)35-25-15-27-37(35)38-28-16-26-36(38)30(2)42(40,33-21-11-5-12-22-33)34-23-13-6-14-24-34/h3-30H,1-2H3/t29-,30-/m1/s1. The van der Waals surface area contributed by atoms with Crippen LogP contribution in [0.15, 0.2) is 121 Å². The molecule has 2 saturated carbocycles. The molecule has 6 rings (SSSR count). The van der Waals surface area contributed by atoms with Crippen molar-refractivity contribution in [3.05, 3.63) is 184 Å². The van der Waals surface area contributed by atoms with E-state index in [0.29, 0.717) is 0 Å². The van der Waals surface area contributed by atoms with E-state index < -0.39 is 14.3 Å². The van der Waals surface area contributed by atoms with Gasteiger partial charge in [0.1, 0.15) is 14.3 Å². The lowest BCUT2D eigenvalue weighted by molar-refractivity contribution is 0.578. The van der Waals surface area contributed by atoms with Gasteiger partial charge in [-0.25, -0.2) is 0 Å². The molecule has 42 heavy (non-hydrogen) atoms. The highest BCUT2D eigenvalue weighted by Crippen LogP contribution is 2.63. The van der Waals surface area contributed by atoms with Gasteiger partial charge in [-0.2, -0.15) is 0 Å². The summed E-state index contributed by atoms with van der Waals surface area (Å²) >= 11 is 0. The van der Waals surface area contributed by atoms with Crippen LogP contribution in [0.5, 0.6) is 0 Å². The smallest absolute Gasteiger partial charge is 0.146 e. The zero-order valence-electron chi connectivity index (χ0n) is 23.9. The second-order valence-electron chi connectivity index (χ2n) is 10.8. The van der Waals surface area contributed by atoms with E-state index in [-0.39, 0.29) is 11.3 Å². The van der Waals surface area contributed by atoms with Crippen LogP contribution in [0.3, 0.4) is 0 Å². The Balaban J connectivity index is 1.36. The summed E-state index contributed by atoms with van der Waals surface area (Å²) in [7, 11) is -6.11. The Kier molecular flexibility index (Phi) is 8.77. The Bertz CT molecular complexity index is 1330. The van der Waals surface area contributed by atoms with Gasteiger partial charge in [0.25, 0.3) is 0 Å². The SMILES string of the molecule is C[C@H]([C]1[CH][CH][CH][C]1[C]1[CH][CH][CH][C]1[C@@H](C)P(=O)(c1ccccc1)c1ccccc1)P(=O)(c1ccccc1)c1ccccc1. The summed E-state index contributed by atoms with van der Waals surface area (Å²) in [4.78, 5) is 0. The van der Waals surface area contributed by atoms with Gasteiger partial charge in [0.15, 0.2) is 0 Å². The second kappa shape index (κ2) is 12.5. The summed E-state index contributed by atoms with van der Waals surface area (Å²) in [6, 6.07) is 39.4. The van der Waals surface area contributed by atoms with E-state index in [1.165, 1.54) is 0 Å². The maximum atomic E-state index is 15.2. The third-order valence-electron chi connectivity index (χ3n) is 8.54. The quantitative estimate of drug-likeness (QED) is 0.193. The Morgan fingerprint density at radius 2 is 0.667 bits per heavy atom. The monoisotopic (exact) mass is 584 g/mol. The normalized spacial score (nSPS) is 19.2. The minimum atomic E-state index is -3.05. The van der Waals surface area contributed by atoms with Gasteiger partial charge in [-0.05, 0) is 62.2 Å². The summed E-state index contributed by atoms with van der Waals surface area (Å²) in [6.07, 6.45) is 12.6. The Labute approximate surface area is 252 Å². The molecule has 10 radical (unpaired) electrons. The molecule has 0 N–H and O–H groups in total. The first kappa shape index (κ1) is 29.4. The molecule has 0 heterocycles.